The van der Waals surface area contributed by atoms with Crippen molar-refractivity contribution in [1.82, 2.24) is 0 Å². The second-order valence-corrected chi connectivity index (χ2v) is 14.2. The highest BCUT2D eigenvalue weighted by atomic mass is 16.3. The quantitative estimate of drug-likeness (QED) is 0.335. The molecule has 0 aromatic heterocycles. The lowest BCUT2D eigenvalue weighted by atomic mass is 9.66. The molecule has 4 aliphatic carbocycles. The maximum Gasteiger partial charge on any atom is 0.0568 e. The van der Waals surface area contributed by atoms with E-state index in [9.17, 15) is 5.11 Å². The van der Waals surface area contributed by atoms with Crippen LogP contribution in [-0.4, -0.2) is 11.2 Å². The van der Waals surface area contributed by atoms with Gasteiger partial charge in [-0.05, 0) is 123 Å². The summed E-state index contributed by atoms with van der Waals surface area (Å²) in [5, 5.41) is 10.3. The van der Waals surface area contributed by atoms with E-state index in [0.717, 1.165) is 59.7 Å². The Balaban J connectivity index is 1.23. The van der Waals surface area contributed by atoms with Crippen LogP contribution in [0.5, 0.6) is 0 Å². The summed E-state index contributed by atoms with van der Waals surface area (Å²) >= 11 is 0. The van der Waals surface area contributed by atoms with Gasteiger partial charge in [-0.1, -0.05) is 79.1 Å². The zero-order chi connectivity index (χ0) is 24.1. The number of rotatable bonds is 10. The van der Waals surface area contributed by atoms with Gasteiger partial charge < -0.3 is 5.11 Å². The Bertz CT molecular complexity index is 577. The number of fused-ring (bicyclic) bond motifs is 1. The molecule has 0 aromatic carbocycles. The van der Waals surface area contributed by atoms with Crippen molar-refractivity contribution in [2.24, 2.45) is 59.2 Å². The van der Waals surface area contributed by atoms with Crippen LogP contribution in [0.2, 0.25) is 0 Å². The topological polar surface area (TPSA) is 20.2 Å². The van der Waals surface area contributed by atoms with Crippen molar-refractivity contribution in [3.63, 3.8) is 0 Å². The summed E-state index contributed by atoms with van der Waals surface area (Å²) in [6.07, 6.45) is 26.2. The number of aliphatic hydroxyl groups is 1. The van der Waals surface area contributed by atoms with Crippen LogP contribution in [0.25, 0.3) is 0 Å². The Morgan fingerprint density at radius 3 is 2.12 bits per heavy atom. The molecule has 198 valence electrons. The van der Waals surface area contributed by atoms with E-state index >= 15 is 0 Å². The number of aliphatic hydroxyl groups excluding tert-OH is 1. The lowest BCUT2D eigenvalue weighted by Gasteiger charge is -2.39. The van der Waals surface area contributed by atoms with Crippen molar-refractivity contribution in [1.29, 1.82) is 0 Å². The fourth-order valence-electron chi connectivity index (χ4n) is 9.51. The largest absolute Gasteiger partial charge is 0.393 e. The van der Waals surface area contributed by atoms with Gasteiger partial charge in [0.15, 0.2) is 0 Å². The Morgan fingerprint density at radius 1 is 0.735 bits per heavy atom. The van der Waals surface area contributed by atoms with Crippen LogP contribution in [-0.2, 0) is 0 Å². The first-order valence-corrected chi connectivity index (χ1v) is 16.1. The molecule has 0 aliphatic heterocycles. The molecule has 4 aliphatic rings. The fourth-order valence-corrected chi connectivity index (χ4v) is 9.51. The lowest BCUT2D eigenvalue weighted by molar-refractivity contribution is 0.0463. The minimum absolute atomic E-state index is 0.0364. The van der Waals surface area contributed by atoms with Crippen molar-refractivity contribution < 1.29 is 5.11 Å². The predicted octanol–water partition coefficient (Wildman–Crippen LogP) is 9.67. The van der Waals surface area contributed by atoms with Crippen LogP contribution in [0, 0.1) is 59.2 Å². The molecule has 1 heteroatoms. The normalized spacial score (nSPS) is 42.8. The first-order chi connectivity index (χ1) is 16.5. The number of hydrogen-bond acceptors (Lipinski definition) is 1. The summed E-state index contributed by atoms with van der Waals surface area (Å²) in [7, 11) is 0. The zero-order valence-corrected chi connectivity index (χ0v) is 23.5. The van der Waals surface area contributed by atoms with Crippen molar-refractivity contribution in [3.8, 4) is 0 Å². The minimum atomic E-state index is -0.0364. The predicted molar refractivity (Wildman–Crippen MR) is 147 cm³/mol. The van der Waals surface area contributed by atoms with E-state index in [1.807, 2.05) is 0 Å². The fraction of sp³-hybridized carbons (Fsp3) is 1.00. The molecule has 1 N–H and O–H groups in total. The summed E-state index contributed by atoms with van der Waals surface area (Å²) in [6.45, 7) is 9.64. The third kappa shape index (κ3) is 7.04. The van der Waals surface area contributed by atoms with E-state index in [1.54, 1.807) is 51.4 Å². The maximum absolute atomic E-state index is 10.3. The summed E-state index contributed by atoms with van der Waals surface area (Å²) in [6, 6.07) is 0. The third-order valence-electron chi connectivity index (χ3n) is 11.9. The van der Waals surface area contributed by atoms with Crippen molar-refractivity contribution >= 4 is 0 Å². The van der Waals surface area contributed by atoms with Crippen molar-refractivity contribution in [2.75, 3.05) is 0 Å². The molecule has 4 fully saturated rings. The molecule has 9 atom stereocenters. The second kappa shape index (κ2) is 13.0. The van der Waals surface area contributed by atoms with E-state index < -0.39 is 0 Å². The summed E-state index contributed by atoms with van der Waals surface area (Å²) in [4.78, 5) is 0. The lowest BCUT2D eigenvalue weighted by Crippen LogP contribution is -2.30. The third-order valence-corrected chi connectivity index (χ3v) is 11.9. The van der Waals surface area contributed by atoms with Gasteiger partial charge in [0.1, 0.15) is 0 Å². The van der Waals surface area contributed by atoms with Crippen LogP contribution < -0.4 is 0 Å². The summed E-state index contributed by atoms with van der Waals surface area (Å²) in [5.74, 6) is 9.48. The minimum Gasteiger partial charge on any atom is -0.393 e. The van der Waals surface area contributed by atoms with E-state index in [0.29, 0.717) is 5.92 Å². The molecule has 0 bridgehead atoms. The Morgan fingerprint density at radius 2 is 1.41 bits per heavy atom. The average Bonchev–Trinajstić information content (AvgIpc) is 3.25. The standard InChI is InChI=1S/C33H60O/c1-5-25-10-12-26(13-11-25)20-28-14-16-30-17-18-31(32(30)21-28)29(6-2)15-7-23(3)19-27-9-8-24(4)33(34)22-27/h23-34H,5-22H2,1-4H3. The second-order valence-electron chi connectivity index (χ2n) is 14.2. The van der Waals surface area contributed by atoms with Crippen LogP contribution in [0.3, 0.4) is 0 Å². The smallest absolute Gasteiger partial charge is 0.0568 e. The van der Waals surface area contributed by atoms with E-state index in [4.69, 9.17) is 0 Å². The molecule has 0 heterocycles. The zero-order valence-electron chi connectivity index (χ0n) is 23.5. The van der Waals surface area contributed by atoms with Gasteiger partial charge in [-0.3, -0.25) is 0 Å². The molecule has 4 saturated carbocycles. The van der Waals surface area contributed by atoms with Gasteiger partial charge in [-0.25, -0.2) is 0 Å². The molecule has 0 radical (unpaired) electrons. The first-order valence-electron chi connectivity index (χ1n) is 16.1. The molecule has 0 amide bonds. The molecule has 9 unspecified atom stereocenters. The average molecular weight is 473 g/mol. The molecule has 0 aromatic rings. The Labute approximate surface area is 213 Å². The van der Waals surface area contributed by atoms with Gasteiger partial charge in [-0.2, -0.15) is 0 Å². The highest BCUT2D eigenvalue weighted by Crippen LogP contribution is 2.53. The van der Waals surface area contributed by atoms with Crippen LogP contribution >= 0.6 is 0 Å². The van der Waals surface area contributed by atoms with Crippen LogP contribution in [0.4, 0.5) is 0 Å². The van der Waals surface area contributed by atoms with Crippen LogP contribution in [0.1, 0.15) is 143 Å². The van der Waals surface area contributed by atoms with E-state index in [2.05, 4.69) is 27.7 Å². The Hall–Kier alpha value is -0.0400. The first kappa shape index (κ1) is 27.0. The highest BCUT2D eigenvalue weighted by molar-refractivity contribution is 4.93. The molecular weight excluding hydrogens is 412 g/mol. The van der Waals surface area contributed by atoms with E-state index in [-0.39, 0.29) is 6.10 Å². The SMILES string of the molecule is CCC1CCC(CC2CCC3CCC(C(CC)CCC(C)CC4CCC(C)C(O)C4)C3C2)CC1. The van der Waals surface area contributed by atoms with Gasteiger partial charge in [0, 0.05) is 0 Å². The molecule has 4 rings (SSSR count). The Kier molecular flexibility index (Phi) is 10.3. The van der Waals surface area contributed by atoms with Crippen LogP contribution in [0.15, 0.2) is 0 Å². The van der Waals surface area contributed by atoms with Crippen molar-refractivity contribution in [2.45, 2.75) is 149 Å². The van der Waals surface area contributed by atoms with Gasteiger partial charge in [0.25, 0.3) is 0 Å². The van der Waals surface area contributed by atoms with Gasteiger partial charge >= 0.3 is 0 Å². The van der Waals surface area contributed by atoms with Gasteiger partial charge in [0.2, 0.25) is 0 Å². The van der Waals surface area contributed by atoms with Crippen molar-refractivity contribution in [3.05, 3.63) is 0 Å². The highest BCUT2D eigenvalue weighted by Gasteiger charge is 2.43. The molecule has 34 heavy (non-hydrogen) atoms. The molecule has 0 spiro atoms. The molecule has 0 saturated heterocycles. The summed E-state index contributed by atoms with van der Waals surface area (Å²) < 4.78 is 0. The van der Waals surface area contributed by atoms with Gasteiger partial charge in [-0.15, -0.1) is 0 Å². The van der Waals surface area contributed by atoms with E-state index in [1.165, 1.54) is 57.8 Å². The van der Waals surface area contributed by atoms with Gasteiger partial charge in [0.05, 0.1) is 6.10 Å². The molecular formula is C33H60O. The maximum atomic E-state index is 10.3. The summed E-state index contributed by atoms with van der Waals surface area (Å²) in [5.41, 5.74) is 0. The number of hydrogen-bond donors (Lipinski definition) is 1. The monoisotopic (exact) mass is 472 g/mol. The molecule has 1 nitrogen and oxygen atoms in total.